The van der Waals surface area contributed by atoms with Crippen molar-refractivity contribution in [3.05, 3.63) is 77.9 Å². The number of hydrogen-bond donors (Lipinski definition) is 1. The van der Waals surface area contributed by atoms with E-state index in [9.17, 15) is 14.0 Å². The van der Waals surface area contributed by atoms with Gasteiger partial charge in [-0.15, -0.1) is 0 Å². The van der Waals surface area contributed by atoms with Crippen molar-refractivity contribution in [3.8, 4) is 5.75 Å². The number of carbonyl (C=O) groups excluding carboxylic acids is 2. The monoisotopic (exact) mass is 509 g/mol. The van der Waals surface area contributed by atoms with Gasteiger partial charge in [0.25, 0.3) is 5.91 Å². The number of hydrogen-bond acceptors (Lipinski definition) is 6. The van der Waals surface area contributed by atoms with Gasteiger partial charge in [-0.3, -0.25) is 19.2 Å². The van der Waals surface area contributed by atoms with Crippen LogP contribution in [-0.2, 0) is 16.1 Å². The van der Waals surface area contributed by atoms with Crippen molar-refractivity contribution in [3.63, 3.8) is 0 Å². The summed E-state index contributed by atoms with van der Waals surface area (Å²) in [6, 6.07) is 13.6. The number of nitrogens with one attached hydrogen (secondary N) is 1. The smallest absolute Gasteiger partial charge is 0.255 e. The summed E-state index contributed by atoms with van der Waals surface area (Å²) in [6.45, 7) is 1.88. The summed E-state index contributed by atoms with van der Waals surface area (Å²) in [6.07, 6.45) is 4.14. The molecule has 2 atom stereocenters. The van der Waals surface area contributed by atoms with Gasteiger partial charge in [-0.05, 0) is 42.3 Å². The van der Waals surface area contributed by atoms with Crippen LogP contribution in [0.1, 0.15) is 28.4 Å². The van der Waals surface area contributed by atoms with Crippen LogP contribution in [0.5, 0.6) is 5.75 Å². The minimum Gasteiger partial charge on any atom is -0.497 e. The lowest BCUT2D eigenvalue weighted by Crippen LogP contribution is -2.34. The summed E-state index contributed by atoms with van der Waals surface area (Å²) < 4.78 is 26.4. The van der Waals surface area contributed by atoms with E-state index in [4.69, 9.17) is 9.47 Å². The fourth-order valence-electron chi connectivity index (χ4n) is 4.33. The molecule has 0 saturated carbocycles. The maximum absolute atomic E-state index is 13.5. The molecule has 1 fully saturated rings. The molecule has 3 aromatic rings. The molecule has 0 radical (unpaired) electrons. The molecule has 196 valence electrons. The van der Waals surface area contributed by atoms with Crippen LogP contribution in [0, 0.1) is 5.82 Å². The fraction of sp³-hybridized carbons (Fsp3) is 0.370. The number of nitrogens with zero attached hydrogens (tertiary/aromatic N) is 4. The van der Waals surface area contributed by atoms with Gasteiger partial charge in [-0.1, -0.05) is 18.2 Å². The molecular formula is C27H32FN5O4. The maximum atomic E-state index is 13.5. The number of likely N-dealkylation sites (N-methyl/N-ethyl adjacent to an activating group) is 1. The highest BCUT2D eigenvalue weighted by molar-refractivity contribution is 6.04. The lowest BCUT2D eigenvalue weighted by Gasteiger charge is -2.24. The van der Waals surface area contributed by atoms with E-state index in [1.165, 1.54) is 23.1 Å². The number of rotatable bonds is 10. The molecule has 1 N–H and O–H groups in total. The van der Waals surface area contributed by atoms with Crippen LogP contribution < -0.4 is 10.1 Å². The van der Waals surface area contributed by atoms with Gasteiger partial charge in [0.05, 0.1) is 31.6 Å². The zero-order valence-corrected chi connectivity index (χ0v) is 21.3. The average Bonchev–Trinajstić information content (AvgIpc) is 3.51. The molecule has 9 nitrogen and oxygen atoms in total. The summed E-state index contributed by atoms with van der Waals surface area (Å²) >= 11 is 0. The lowest BCUT2D eigenvalue weighted by atomic mass is 10.1. The van der Waals surface area contributed by atoms with Crippen LogP contribution >= 0.6 is 0 Å². The topological polar surface area (TPSA) is 88.9 Å². The van der Waals surface area contributed by atoms with E-state index in [0.717, 1.165) is 24.3 Å². The molecule has 1 aromatic heterocycles. The zero-order chi connectivity index (χ0) is 26.4. The van der Waals surface area contributed by atoms with Crippen molar-refractivity contribution in [2.24, 2.45) is 0 Å². The molecule has 0 unspecified atom stereocenters. The van der Waals surface area contributed by atoms with Crippen molar-refractivity contribution in [1.29, 1.82) is 0 Å². The van der Waals surface area contributed by atoms with E-state index in [1.807, 2.05) is 28.9 Å². The largest absolute Gasteiger partial charge is 0.497 e. The van der Waals surface area contributed by atoms with Gasteiger partial charge in [-0.2, -0.15) is 5.10 Å². The van der Waals surface area contributed by atoms with Crippen LogP contribution in [0.2, 0.25) is 0 Å². The Kier molecular flexibility index (Phi) is 8.52. The number of ether oxygens (including phenoxy) is 2. The molecule has 1 aliphatic rings. The van der Waals surface area contributed by atoms with Crippen molar-refractivity contribution < 1.29 is 23.5 Å². The maximum Gasteiger partial charge on any atom is 0.255 e. The Hall–Kier alpha value is -3.76. The van der Waals surface area contributed by atoms with Gasteiger partial charge in [-0.25, -0.2) is 4.39 Å². The normalized spacial score (nSPS) is 17.5. The Balaban J connectivity index is 1.43. The Bertz CT molecular complexity index is 1210. The Morgan fingerprint density at radius 2 is 1.97 bits per heavy atom. The van der Waals surface area contributed by atoms with Crippen molar-refractivity contribution in [2.45, 2.75) is 25.0 Å². The first-order valence-electron chi connectivity index (χ1n) is 12.1. The molecule has 2 amide bonds. The predicted molar refractivity (Wildman–Crippen MR) is 137 cm³/mol. The molecule has 2 heterocycles. The van der Waals surface area contributed by atoms with Crippen LogP contribution in [0.4, 0.5) is 10.1 Å². The van der Waals surface area contributed by atoms with E-state index in [2.05, 4.69) is 15.3 Å². The molecule has 10 heteroatoms. The lowest BCUT2D eigenvalue weighted by molar-refractivity contribution is -0.134. The third kappa shape index (κ3) is 6.93. The van der Waals surface area contributed by atoms with Gasteiger partial charge >= 0.3 is 0 Å². The van der Waals surface area contributed by atoms with Gasteiger partial charge < -0.3 is 19.7 Å². The first-order valence-corrected chi connectivity index (χ1v) is 12.1. The molecule has 1 saturated heterocycles. The molecule has 0 aliphatic carbocycles. The van der Waals surface area contributed by atoms with Gasteiger partial charge in [0, 0.05) is 45.0 Å². The standard InChI is InChI=1S/C27H32FN5O4/c1-31(2)26(34)18-37-17-24-12-23(16-32(24)14-19-7-9-25(36-3)10-8-19)33-15-22(13-29-33)30-27(35)20-5-4-6-21(28)11-20/h4-11,13,15,23-24H,12,14,16-18H2,1-3H3,(H,30,35)/t23-,24-/m0/s1. The third-order valence-electron chi connectivity index (χ3n) is 6.41. The van der Waals surface area contributed by atoms with Crippen molar-refractivity contribution >= 4 is 17.5 Å². The summed E-state index contributed by atoms with van der Waals surface area (Å²) in [7, 11) is 5.05. The number of anilines is 1. The van der Waals surface area contributed by atoms with Crippen LogP contribution in [-0.4, -0.2) is 78.4 Å². The molecule has 0 bridgehead atoms. The summed E-state index contributed by atoms with van der Waals surface area (Å²) in [5.41, 5.74) is 1.91. The third-order valence-corrected chi connectivity index (χ3v) is 6.41. The molecule has 1 aliphatic heterocycles. The van der Waals surface area contributed by atoms with Gasteiger partial charge in [0.1, 0.15) is 18.2 Å². The fourth-order valence-corrected chi connectivity index (χ4v) is 4.33. The van der Waals surface area contributed by atoms with Gasteiger partial charge in [0.15, 0.2) is 0 Å². The first kappa shape index (κ1) is 26.3. The molecule has 4 rings (SSSR count). The molecule has 37 heavy (non-hydrogen) atoms. The Morgan fingerprint density at radius 3 is 2.68 bits per heavy atom. The summed E-state index contributed by atoms with van der Waals surface area (Å²) in [4.78, 5) is 28.3. The highest BCUT2D eigenvalue weighted by Gasteiger charge is 2.34. The van der Waals surface area contributed by atoms with Crippen LogP contribution in [0.25, 0.3) is 0 Å². The van der Waals surface area contributed by atoms with Gasteiger partial charge in [0.2, 0.25) is 5.91 Å². The molecule has 2 aromatic carbocycles. The minimum absolute atomic E-state index is 0.0303. The summed E-state index contributed by atoms with van der Waals surface area (Å²) in [5, 5.41) is 7.25. The SMILES string of the molecule is COc1ccc(CN2C[C@@H](n3cc(NC(=O)c4cccc(F)c4)cn3)C[C@H]2COCC(=O)N(C)C)cc1. The van der Waals surface area contributed by atoms with Crippen LogP contribution in [0.3, 0.4) is 0 Å². The highest BCUT2D eigenvalue weighted by Crippen LogP contribution is 2.30. The number of carbonyl (C=O) groups is 2. The average molecular weight is 510 g/mol. The number of methoxy groups -OCH3 is 1. The number of halogens is 1. The minimum atomic E-state index is -0.466. The number of amides is 2. The van der Waals surface area contributed by atoms with E-state index < -0.39 is 11.7 Å². The summed E-state index contributed by atoms with van der Waals surface area (Å²) in [5.74, 6) is -0.147. The Labute approximate surface area is 215 Å². The van der Waals surface area contributed by atoms with Crippen LogP contribution in [0.15, 0.2) is 60.9 Å². The van der Waals surface area contributed by atoms with E-state index >= 15 is 0 Å². The van der Waals surface area contributed by atoms with E-state index in [-0.39, 0.29) is 30.2 Å². The second kappa shape index (κ2) is 12.0. The van der Waals surface area contributed by atoms with E-state index in [1.54, 1.807) is 39.7 Å². The first-order chi connectivity index (χ1) is 17.8. The van der Waals surface area contributed by atoms with Crippen molar-refractivity contribution in [2.75, 3.05) is 46.3 Å². The second-order valence-electron chi connectivity index (χ2n) is 9.30. The van der Waals surface area contributed by atoms with Crippen molar-refractivity contribution in [1.82, 2.24) is 19.6 Å². The highest BCUT2D eigenvalue weighted by atomic mass is 19.1. The van der Waals surface area contributed by atoms with E-state index in [0.29, 0.717) is 18.8 Å². The molecule has 0 spiro atoms. The number of aromatic nitrogens is 2. The zero-order valence-electron chi connectivity index (χ0n) is 21.3. The second-order valence-corrected chi connectivity index (χ2v) is 9.30. The number of benzene rings is 2. The molecular weight excluding hydrogens is 477 g/mol. The predicted octanol–water partition coefficient (Wildman–Crippen LogP) is 3.20. The quantitative estimate of drug-likeness (QED) is 0.452. The number of likely N-dealkylation sites (tertiary alicyclic amines) is 1. The Morgan fingerprint density at radius 1 is 1.19 bits per heavy atom.